The van der Waals surface area contributed by atoms with Gasteiger partial charge in [-0.25, -0.2) is 8.42 Å². The SMILES string of the molecule is CC(CS(=O)(=O)[O-])C(=O)OCC1COC(C)(C)O1. The molecule has 0 radical (unpaired) electrons. The van der Waals surface area contributed by atoms with E-state index < -0.39 is 33.5 Å². The van der Waals surface area contributed by atoms with Crippen LogP contribution < -0.4 is 0 Å². The zero-order valence-electron chi connectivity index (χ0n) is 10.5. The van der Waals surface area contributed by atoms with Gasteiger partial charge in [-0.1, -0.05) is 6.92 Å². The molecule has 0 saturated carbocycles. The van der Waals surface area contributed by atoms with Gasteiger partial charge in [0.15, 0.2) is 5.79 Å². The highest BCUT2D eigenvalue weighted by Crippen LogP contribution is 2.22. The fourth-order valence-electron chi connectivity index (χ4n) is 1.54. The van der Waals surface area contributed by atoms with Crippen LogP contribution in [0.5, 0.6) is 0 Å². The van der Waals surface area contributed by atoms with Crippen LogP contribution in [0, 0.1) is 5.92 Å². The first-order chi connectivity index (χ1) is 8.09. The maximum Gasteiger partial charge on any atom is 0.309 e. The minimum Gasteiger partial charge on any atom is -0.748 e. The van der Waals surface area contributed by atoms with E-state index in [4.69, 9.17) is 14.2 Å². The number of ether oxygens (including phenoxy) is 3. The van der Waals surface area contributed by atoms with Crippen molar-refractivity contribution in [3.8, 4) is 0 Å². The maximum atomic E-state index is 11.4. The van der Waals surface area contributed by atoms with Gasteiger partial charge in [-0.05, 0) is 13.8 Å². The molecule has 0 aromatic heterocycles. The Bertz CT molecular complexity index is 400. The molecule has 1 aliphatic rings. The Balaban J connectivity index is 2.34. The van der Waals surface area contributed by atoms with Crippen molar-refractivity contribution in [1.82, 2.24) is 0 Å². The van der Waals surface area contributed by atoms with Gasteiger partial charge in [0.1, 0.15) is 12.7 Å². The average Bonchev–Trinajstić information content (AvgIpc) is 2.52. The van der Waals surface area contributed by atoms with Gasteiger partial charge in [-0.3, -0.25) is 4.79 Å². The first kappa shape index (κ1) is 15.4. The molecule has 0 amide bonds. The number of carbonyl (C=O) groups excluding carboxylic acids is 1. The zero-order chi connectivity index (χ0) is 14.0. The van der Waals surface area contributed by atoms with Crippen LogP contribution in [0.3, 0.4) is 0 Å². The third kappa shape index (κ3) is 5.30. The van der Waals surface area contributed by atoms with Gasteiger partial charge >= 0.3 is 5.97 Å². The normalized spacial score (nSPS) is 24.8. The Morgan fingerprint density at radius 3 is 2.61 bits per heavy atom. The summed E-state index contributed by atoms with van der Waals surface area (Å²) in [6.07, 6.45) is -0.375. The number of hydrogen-bond donors (Lipinski definition) is 0. The molecule has 1 saturated heterocycles. The summed E-state index contributed by atoms with van der Waals surface area (Å²) in [5.74, 6) is -3.19. The largest absolute Gasteiger partial charge is 0.748 e. The summed E-state index contributed by atoms with van der Waals surface area (Å²) in [5.41, 5.74) is 0. The van der Waals surface area contributed by atoms with Crippen LogP contribution in [-0.2, 0) is 29.1 Å². The number of esters is 1. The molecule has 2 atom stereocenters. The molecule has 0 bridgehead atoms. The molecule has 1 aliphatic heterocycles. The predicted octanol–water partition coefficient (Wildman–Crippen LogP) is -0.138. The lowest BCUT2D eigenvalue weighted by molar-refractivity contribution is -0.160. The molecule has 1 heterocycles. The third-order valence-electron chi connectivity index (χ3n) is 2.34. The summed E-state index contributed by atoms with van der Waals surface area (Å²) < 4.78 is 47.0. The van der Waals surface area contributed by atoms with Crippen LogP contribution in [0.15, 0.2) is 0 Å². The topological polar surface area (TPSA) is 102 Å². The highest BCUT2D eigenvalue weighted by Gasteiger charge is 2.33. The Kier molecular flexibility index (Phi) is 4.71. The summed E-state index contributed by atoms with van der Waals surface area (Å²) in [6, 6.07) is 0. The van der Waals surface area contributed by atoms with E-state index in [0.717, 1.165) is 0 Å². The molecule has 1 fully saturated rings. The zero-order valence-corrected chi connectivity index (χ0v) is 11.4. The van der Waals surface area contributed by atoms with E-state index in [1.54, 1.807) is 13.8 Å². The molecule has 0 spiro atoms. The van der Waals surface area contributed by atoms with E-state index in [-0.39, 0.29) is 12.7 Å². The highest BCUT2D eigenvalue weighted by atomic mass is 32.2. The molecule has 1 rings (SSSR count). The Labute approximate surface area is 106 Å². The van der Waals surface area contributed by atoms with Gasteiger partial charge in [0.05, 0.1) is 28.4 Å². The predicted molar refractivity (Wildman–Crippen MR) is 59.6 cm³/mol. The fourth-order valence-corrected chi connectivity index (χ4v) is 2.29. The van der Waals surface area contributed by atoms with Crippen LogP contribution in [0.4, 0.5) is 0 Å². The fraction of sp³-hybridized carbons (Fsp3) is 0.900. The summed E-state index contributed by atoms with van der Waals surface area (Å²) in [5, 5.41) is 0. The number of carbonyl (C=O) groups is 1. The lowest BCUT2D eigenvalue weighted by Crippen LogP contribution is -2.28. The Morgan fingerprint density at radius 1 is 1.56 bits per heavy atom. The van der Waals surface area contributed by atoms with E-state index in [9.17, 15) is 17.8 Å². The number of rotatable bonds is 5. The molecular weight excluding hydrogens is 264 g/mol. The molecular formula is C10H17O7S-. The van der Waals surface area contributed by atoms with Crippen molar-refractivity contribution in [1.29, 1.82) is 0 Å². The van der Waals surface area contributed by atoms with Crippen LogP contribution >= 0.6 is 0 Å². The summed E-state index contributed by atoms with van der Waals surface area (Å²) in [7, 11) is -4.43. The van der Waals surface area contributed by atoms with Gasteiger partial charge in [0, 0.05) is 0 Å². The molecule has 106 valence electrons. The molecule has 8 heteroatoms. The third-order valence-corrected chi connectivity index (χ3v) is 3.24. The van der Waals surface area contributed by atoms with Crippen molar-refractivity contribution in [2.75, 3.05) is 19.0 Å². The highest BCUT2D eigenvalue weighted by molar-refractivity contribution is 7.85. The van der Waals surface area contributed by atoms with Gasteiger partial charge in [0.2, 0.25) is 0 Å². The molecule has 0 aliphatic carbocycles. The molecule has 18 heavy (non-hydrogen) atoms. The van der Waals surface area contributed by atoms with Crippen LogP contribution in [-0.4, -0.2) is 49.8 Å². The minimum absolute atomic E-state index is 0.0223. The van der Waals surface area contributed by atoms with Crippen molar-refractivity contribution in [2.45, 2.75) is 32.7 Å². The smallest absolute Gasteiger partial charge is 0.309 e. The van der Waals surface area contributed by atoms with Crippen molar-refractivity contribution in [2.24, 2.45) is 5.92 Å². The first-order valence-electron chi connectivity index (χ1n) is 5.51. The van der Waals surface area contributed by atoms with E-state index in [2.05, 4.69) is 0 Å². The van der Waals surface area contributed by atoms with Gasteiger partial charge in [-0.2, -0.15) is 0 Å². The first-order valence-corrected chi connectivity index (χ1v) is 7.09. The molecule has 0 aromatic rings. The van der Waals surface area contributed by atoms with Crippen molar-refractivity contribution < 1.29 is 32.0 Å². The lowest BCUT2D eigenvalue weighted by Gasteiger charge is -2.18. The van der Waals surface area contributed by atoms with E-state index >= 15 is 0 Å². The standard InChI is InChI=1S/C10H18O7S/c1-7(6-18(12,13)14)9(11)15-4-8-5-16-10(2,3)17-8/h7-8H,4-6H2,1-3H3,(H,12,13,14)/p-1. The van der Waals surface area contributed by atoms with Crippen molar-refractivity contribution in [3.05, 3.63) is 0 Å². The summed E-state index contributed by atoms with van der Waals surface area (Å²) in [6.45, 7) is 5.08. The second-order valence-corrected chi connectivity index (χ2v) is 6.15. The van der Waals surface area contributed by atoms with Crippen LogP contribution in [0.2, 0.25) is 0 Å². The van der Waals surface area contributed by atoms with E-state index in [1.807, 2.05) is 0 Å². The molecule has 0 aromatic carbocycles. The van der Waals surface area contributed by atoms with Gasteiger partial charge in [-0.15, -0.1) is 0 Å². The van der Waals surface area contributed by atoms with Crippen LogP contribution in [0.1, 0.15) is 20.8 Å². The average molecular weight is 281 g/mol. The van der Waals surface area contributed by atoms with Gasteiger partial charge < -0.3 is 18.8 Å². The second kappa shape index (κ2) is 5.52. The minimum atomic E-state index is -4.43. The maximum absolute atomic E-state index is 11.4. The van der Waals surface area contributed by atoms with E-state index in [1.165, 1.54) is 6.92 Å². The van der Waals surface area contributed by atoms with Crippen LogP contribution in [0.25, 0.3) is 0 Å². The van der Waals surface area contributed by atoms with Gasteiger partial charge in [0.25, 0.3) is 0 Å². The van der Waals surface area contributed by atoms with Crippen molar-refractivity contribution in [3.63, 3.8) is 0 Å². The summed E-state index contributed by atoms with van der Waals surface area (Å²) in [4.78, 5) is 11.4. The molecule has 0 N–H and O–H groups in total. The molecule has 2 unspecified atom stereocenters. The van der Waals surface area contributed by atoms with Crippen molar-refractivity contribution >= 4 is 16.1 Å². The second-order valence-electron chi connectivity index (χ2n) is 4.71. The summed E-state index contributed by atoms with van der Waals surface area (Å²) >= 11 is 0. The Morgan fingerprint density at radius 2 is 2.17 bits per heavy atom. The van der Waals surface area contributed by atoms with E-state index in [0.29, 0.717) is 6.61 Å². The Hall–Kier alpha value is -0.700. The molecule has 7 nitrogen and oxygen atoms in total. The number of hydrogen-bond acceptors (Lipinski definition) is 7. The lowest BCUT2D eigenvalue weighted by atomic mass is 10.2. The monoisotopic (exact) mass is 281 g/mol. The quantitative estimate of drug-likeness (QED) is 0.510.